The predicted molar refractivity (Wildman–Crippen MR) is 129 cm³/mol. The molecule has 0 aromatic heterocycles. The number of nitrogens with one attached hydrogen (secondary N) is 2. The van der Waals surface area contributed by atoms with E-state index in [0.29, 0.717) is 5.56 Å². The molecule has 0 aliphatic heterocycles. The van der Waals surface area contributed by atoms with Crippen LogP contribution in [0.15, 0.2) is 47.4 Å². The van der Waals surface area contributed by atoms with Gasteiger partial charge in [0.05, 0.1) is 17.9 Å². The zero-order valence-electron chi connectivity index (χ0n) is 20.0. The lowest BCUT2D eigenvalue weighted by atomic mass is 9.97. The van der Waals surface area contributed by atoms with Gasteiger partial charge in [-0.25, -0.2) is 13.1 Å². The first kappa shape index (κ1) is 30.1. The summed E-state index contributed by atoms with van der Waals surface area (Å²) in [6, 6.07) is 8.93. The normalized spacial score (nSPS) is 12.7. The molecule has 14 heteroatoms. The smallest absolute Gasteiger partial charge is 0.411 e. The number of hydrogen-bond acceptors (Lipinski definition) is 7. The first-order valence-corrected chi connectivity index (χ1v) is 13.1. The zero-order chi connectivity index (χ0) is 27.9. The van der Waals surface area contributed by atoms with Crippen molar-refractivity contribution in [3.8, 4) is 17.6 Å². The van der Waals surface area contributed by atoms with Crippen LogP contribution in [0.2, 0.25) is 0 Å². The van der Waals surface area contributed by atoms with Gasteiger partial charge in [-0.1, -0.05) is 24.0 Å². The molecule has 0 bridgehead atoms. The van der Waals surface area contributed by atoms with E-state index in [1.54, 1.807) is 0 Å². The second-order valence-corrected chi connectivity index (χ2v) is 10.8. The molecule has 2 aromatic rings. The molecule has 2 rings (SSSR count). The first-order chi connectivity index (χ1) is 17.1. The van der Waals surface area contributed by atoms with Gasteiger partial charge in [-0.15, -0.1) is 0 Å². The fourth-order valence-electron chi connectivity index (χ4n) is 2.65. The van der Waals surface area contributed by atoms with Gasteiger partial charge in [0.1, 0.15) is 23.9 Å². The molecular formula is C23H24F3N2O7S2-. The average Bonchev–Trinajstić information content (AvgIpc) is 2.76. The summed E-state index contributed by atoms with van der Waals surface area (Å²) in [7, 11) is -4.51. The highest BCUT2D eigenvalue weighted by Gasteiger charge is 2.27. The largest absolute Gasteiger partial charge is 0.755 e. The van der Waals surface area contributed by atoms with E-state index in [4.69, 9.17) is 4.74 Å². The van der Waals surface area contributed by atoms with E-state index in [9.17, 15) is 35.1 Å². The molecule has 0 fully saturated rings. The second-order valence-electron chi connectivity index (χ2n) is 8.49. The monoisotopic (exact) mass is 561 g/mol. The molecule has 0 aliphatic rings. The average molecular weight is 562 g/mol. The number of rotatable bonds is 10. The number of halogens is 3. The summed E-state index contributed by atoms with van der Waals surface area (Å²) >= 11 is -2.81. The van der Waals surface area contributed by atoms with Crippen molar-refractivity contribution in [1.82, 2.24) is 4.72 Å². The summed E-state index contributed by atoms with van der Waals surface area (Å²) in [6.45, 7) is 3.41. The molecule has 0 saturated carbocycles. The Labute approximate surface area is 215 Å². The fourth-order valence-corrected chi connectivity index (χ4v) is 4.21. The number of alkyl halides is 3. The lowest BCUT2D eigenvalue weighted by Crippen LogP contribution is -2.31. The minimum absolute atomic E-state index is 0.0289. The van der Waals surface area contributed by atoms with E-state index in [-0.39, 0.29) is 23.6 Å². The molecule has 1 unspecified atom stereocenters. The summed E-state index contributed by atoms with van der Waals surface area (Å²) in [6.07, 6.45) is -4.50. The van der Waals surface area contributed by atoms with Crippen molar-refractivity contribution < 1.29 is 44.6 Å². The molecule has 9 nitrogen and oxygen atoms in total. The van der Waals surface area contributed by atoms with Crippen molar-refractivity contribution in [3.05, 3.63) is 53.6 Å². The van der Waals surface area contributed by atoms with Crippen molar-refractivity contribution in [2.24, 2.45) is 5.41 Å². The molecule has 37 heavy (non-hydrogen) atoms. The van der Waals surface area contributed by atoms with Crippen LogP contribution in [0.4, 0.5) is 18.9 Å². The van der Waals surface area contributed by atoms with E-state index in [1.807, 2.05) is 30.2 Å². The van der Waals surface area contributed by atoms with Crippen molar-refractivity contribution in [2.75, 3.05) is 24.5 Å². The minimum Gasteiger partial charge on any atom is -0.755 e. The third-order valence-corrected chi connectivity index (χ3v) is 5.94. The van der Waals surface area contributed by atoms with Crippen molar-refractivity contribution >= 4 is 32.9 Å². The van der Waals surface area contributed by atoms with Gasteiger partial charge in [-0.2, -0.15) is 13.2 Å². The van der Waals surface area contributed by atoms with E-state index in [0.717, 1.165) is 6.07 Å². The Morgan fingerprint density at radius 3 is 2.41 bits per heavy atom. The van der Waals surface area contributed by atoms with Crippen LogP contribution in [0.5, 0.6) is 5.75 Å². The molecule has 0 radical (unpaired) electrons. The predicted octanol–water partition coefficient (Wildman–Crippen LogP) is 3.37. The molecular weight excluding hydrogens is 537 g/mol. The second kappa shape index (κ2) is 12.4. The highest BCUT2D eigenvalue weighted by molar-refractivity contribution is 7.90. The van der Waals surface area contributed by atoms with Gasteiger partial charge in [0.25, 0.3) is 15.9 Å². The van der Waals surface area contributed by atoms with Gasteiger partial charge in [-0.3, -0.25) is 9.00 Å². The summed E-state index contributed by atoms with van der Waals surface area (Å²) in [5, 5.41) is 0. The maximum Gasteiger partial charge on any atom is 0.411 e. The Balaban J connectivity index is 2.29. The lowest BCUT2D eigenvalue weighted by molar-refractivity contribution is -0.175. The Bertz CT molecular complexity index is 1310. The maximum atomic E-state index is 12.8. The molecule has 0 aliphatic carbocycles. The summed E-state index contributed by atoms with van der Waals surface area (Å²) < 4.78 is 98.0. The van der Waals surface area contributed by atoms with E-state index >= 15 is 0 Å². The third-order valence-electron chi connectivity index (χ3n) is 4.16. The summed E-state index contributed by atoms with van der Waals surface area (Å²) in [5.41, 5.74) is -0.509. The fraction of sp³-hybridized carbons (Fsp3) is 0.348. The number of para-hydroxylation sites is 1. The molecule has 2 aromatic carbocycles. The molecule has 0 saturated heterocycles. The number of sulfonamides is 1. The Kier molecular flexibility index (Phi) is 10.1. The van der Waals surface area contributed by atoms with Gasteiger partial charge in [-0.05, 0) is 51.1 Å². The summed E-state index contributed by atoms with van der Waals surface area (Å²) in [5.74, 6) is 4.80. The van der Waals surface area contributed by atoms with Gasteiger partial charge >= 0.3 is 6.18 Å². The van der Waals surface area contributed by atoms with Crippen molar-refractivity contribution in [2.45, 2.75) is 31.8 Å². The number of benzene rings is 2. The highest BCUT2D eigenvalue weighted by Crippen LogP contribution is 2.24. The van der Waals surface area contributed by atoms with Crippen molar-refractivity contribution in [1.29, 1.82) is 0 Å². The topological polar surface area (TPSA) is 134 Å². The Morgan fingerprint density at radius 1 is 1.11 bits per heavy atom. The van der Waals surface area contributed by atoms with Gasteiger partial charge in [0.15, 0.2) is 0 Å². The van der Waals surface area contributed by atoms with E-state index < -0.39 is 56.9 Å². The maximum absolute atomic E-state index is 12.8. The molecule has 202 valence electrons. The van der Waals surface area contributed by atoms with Crippen LogP contribution in [0, 0.1) is 17.3 Å². The molecule has 2 N–H and O–H groups in total. The zero-order valence-corrected chi connectivity index (χ0v) is 21.6. The van der Waals surface area contributed by atoms with Gasteiger partial charge in [0, 0.05) is 22.2 Å². The third kappa shape index (κ3) is 10.4. The Hall–Kier alpha value is -3.12. The van der Waals surface area contributed by atoms with Crippen molar-refractivity contribution in [3.63, 3.8) is 0 Å². The Morgan fingerprint density at radius 2 is 1.78 bits per heavy atom. The first-order valence-electron chi connectivity index (χ1n) is 10.5. The van der Waals surface area contributed by atoms with E-state index in [1.165, 1.54) is 36.4 Å². The molecule has 0 heterocycles. The van der Waals surface area contributed by atoms with Crippen LogP contribution in [-0.2, 0) is 26.0 Å². The van der Waals surface area contributed by atoms with Crippen LogP contribution in [0.1, 0.15) is 36.7 Å². The quantitative estimate of drug-likeness (QED) is 0.258. The lowest BCUT2D eigenvalue weighted by Gasteiger charge is -2.15. The minimum atomic E-state index is -4.51. The molecule has 1 amide bonds. The standard InChI is InChI=1S/C23H25F3N2O7S2/c1-22(2,3)11-10-16-8-9-17(14-19(16)35-13-12-34-15-23(24,25)26)21(29)28-37(32,33)20-7-5-4-6-18(20)27-36(30)31/h4-9,14,27H,12-13,15H2,1-3H3,(H,28,29)(H,30,31)/p-1. The summed E-state index contributed by atoms with van der Waals surface area (Å²) in [4.78, 5) is 12.3. The molecule has 1 atom stereocenters. The van der Waals surface area contributed by atoms with Gasteiger partial charge < -0.3 is 18.7 Å². The van der Waals surface area contributed by atoms with E-state index in [2.05, 4.69) is 16.6 Å². The molecule has 0 spiro atoms. The highest BCUT2D eigenvalue weighted by atomic mass is 32.2. The number of anilines is 1. The number of carbonyl (C=O) groups excluding carboxylic acids is 1. The van der Waals surface area contributed by atoms with Crippen LogP contribution in [-0.4, -0.2) is 49.1 Å². The van der Waals surface area contributed by atoms with Gasteiger partial charge in [0.2, 0.25) is 0 Å². The number of amides is 1. The SMILES string of the molecule is CC(C)(C)C#Cc1ccc(C(=O)NS(=O)(=O)c2ccccc2NS(=O)[O-])cc1OCCOCC(F)(F)F. The van der Waals surface area contributed by atoms with Crippen LogP contribution in [0.3, 0.4) is 0 Å². The number of hydrogen-bond donors (Lipinski definition) is 2. The number of ether oxygens (including phenoxy) is 2. The van der Waals surface area contributed by atoms with Crippen LogP contribution >= 0.6 is 0 Å². The van der Waals surface area contributed by atoms with Crippen LogP contribution in [0.25, 0.3) is 0 Å². The number of carbonyl (C=O) groups is 1. The van der Waals surface area contributed by atoms with Crippen LogP contribution < -0.4 is 14.2 Å².